The number of nitrogens with zero attached hydrogens (tertiary/aromatic N) is 1. The molecule has 2 N–H and O–H groups in total. The summed E-state index contributed by atoms with van der Waals surface area (Å²) in [5.74, 6) is -0.296. The SMILES string of the molecule is NC(=O)[C@H]1COCCN1C[C@H]1CCCCO1. The Morgan fingerprint density at radius 2 is 2.25 bits per heavy atom. The fraction of sp³-hybridized carbons (Fsp3) is 0.909. The first kappa shape index (κ1) is 11.8. The van der Waals surface area contributed by atoms with E-state index in [1.165, 1.54) is 6.42 Å². The summed E-state index contributed by atoms with van der Waals surface area (Å²) in [5.41, 5.74) is 5.36. The van der Waals surface area contributed by atoms with Gasteiger partial charge in [0.2, 0.25) is 5.91 Å². The van der Waals surface area contributed by atoms with Crippen molar-refractivity contribution in [2.24, 2.45) is 5.73 Å². The molecule has 5 nitrogen and oxygen atoms in total. The molecular formula is C11H20N2O3. The smallest absolute Gasteiger partial charge is 0.237 e. The zero-order valence-corrected chi connectivity index (χ0v) is 9.56. The summed E-state index contributed by atoms with van der Waals surface area (Å²) < 4.78 is 11.0. The number of carbonyl (C=O) groups is 1. The topological polar surface area (TPSA) is 64.8 Å². The molecule has 2 fully saturated rings. The lowest BCUT2D eigenvalue weighted by atomic mass is 10.1. The molecule has 16 heavy (non-hydrogen) atoms. The maximum Gasteiger partial charge on any atom is 0.237 e. The van der Waals surface area contributed by atoms with Crippen LogP contribution in [0.4, 0.5) is 0 Å². The third kappa shape index (κ3) is 2.93. The molecule has 1 amide bonds. The van der Waals surface area contributed by atoms with Crippen LogP contribution in [0.2, 0.25) is 0 Å². The van der Waals surface area contributed by atoms with Gasteiger partial charge in [-0.1, -0.05) is 0 Å². The molecule has 2 saturated heterocycles. The Morgan fingerprint density at radius 1 is 1.38 bits per heavy atom. The number of ether oxygens (including phenoxy) is 2. The minimum atomic E-state index is -0.296. The molecular weight excluding hydrogens is 208 g/mol. The van der Waals surface area contributed by atoms with Gasteiger partial charge in [-0.25, -0.2) is 0 Å². The predicted molar refractivity (Wildman–Crippen MR) is 59.0 cm³/mol. The molecule has 0 unspecified atom stereocenters. The van der Waals surface area contributed by atoms with E-state index in [2.05, 4.69) is 4.90 Å². The largest absolute Gasteiger partial charge is 0.378 e. The number of primary amides is 1. The average molecular weight is 228 g/mol. The highest BCUT2D eigenvalue weighted by atomic mass is 16.5. The third-order valence-electron chi connectivity index (χ3n) is 3.28. The maximum atomic E-state index is 11.3. The Morgan fingerprint density at radius 3 is 2.94 bits per heavy atom. The monoisotopic (exact) mass is 228 g/mol. The summed E-state index contributed by atoms with van der Waals surface area (Å²) in [4.78, 5) is 13.4. The van der Waals surface area contributed by atoms with E-state index in [9.17, 15) is 4.79 Å². The van der Waals surface area contributed by atoms with E-state index in [1.54, 1.807) is 0 Å². The Kier molecular flexibility index (Phi) is 4.15. The van der Waals surface area contributed by atoms with Gasteiger partial charge in [-0.15, -0.1) is 0 Å². The second kappa shape index (κ2) is 5.61. The molecule has 0 saturated carbocycles. The van der Waals surface area contributed by atoms with Gasteiger partial charge in [0.25, 0.3) is 0 Å². The average Bonchev–Trinajstić information content (AvgIpc) is 2.31. The van der Waals surface area contributed by atoms with Gasteiger partial charge in [0.15, 0.2) is 0 Å². The van der Waals surface area contributed by atoms with Crippen LogP contribution in [0.5, 0.6) is 0 Å². The van der Waals surface area contributed by atoms with Crippen molar-refractivity contribution in [2.45, 2.75) is 31.4 Å². The third-order valence-corrected chi connectivity index (χ3v) is 3.28. The summed E-state index contributed by atoms with van der Waals surface area (Å²) >= 11 is 0. The van der Waals surface area contributed by atoms with Crippen molar-refractivity contribution < 1.29 is 14.3 Å². The second-order valence-electron chi connectivity index (χ2n) is 4.48. The van der Waals surface area contributed by atoms with E-state index in [1.807, 2.05) is 0 Å². The second-order valence-corrected chi connectivity index (χ2v) is 4.48. The van der Waals surface area contributed by atoms with Crippen LogP contribution in [0.1, 0.15) is 19.3 Å². The molecule has 0 aliphatic carbocycles. The molecule has 2 heterocycles. The fourth-order valence-electron chi connectivity index (χ4n) is 2.33. The predicted octanol–water partition coefficient (Wildman–Crippen LogP) is -0.258. The quantitative estimate of drug-likeness (QED) is 0.723. The molecule has 0 bridgehead atoms. The summed E-state index contributed by atoms with van der Waals surface area (Å²) in [6.07, 6.45) is 3.71. The van der Waals surface area contributed by atoms with Gasteiger partial charge in [-0.05, 0) is 19.3 Å². The molecule has 0 aromatic heterocycles. The van der Waals surface area contributed by atoms with Crippen LogP contribution >= 0.6 is 0 Å². The van der Waals surface area contributed by atoms with Crippen LogP contribution in [-0.2, 0) is 14.3 Å². The van der Waals surface area contributed by atoms with Gasteiger partial charge in [0.05, 0.1) is 19.3 Å². The number of rotatable bonds is 3. The molecule has 2 rings (SSSR count). The number of morpholine rings is 1. The lowest BCUT2D eigenvalue weighted by Gasteiger charge is -2.36. The molecule has 0 radical (unpaired) electrons. The van der Waals surface area contributed by atoms with E-state index in [-0.39, 0.29) is 18.1 Å². The van der Waals surface area contributed by atoms with E-state index < -0.39 is 0 Å². The van der Waals surface area contributed by atoms with Crippen LogP contribution in [0.3, 0.4) is 0 Å². The molecule has 2 aliphatic rings. The molecule has 2 atom stereocenters. The fourth-order valence-corrected chi connectivity index (χ4v) is 2.33. The molecule has 0 aromatic rings. The molecule has 5 heteroatoms. The Labute approximate surface area is 95.9 Å². The van der Waals surface area contributed by atoms with Gasteiger partial charge in [0.1, 0.15) is 6.04 Å². The highest BCUT2D eigenvalue weighted by Gasteiger charge is 2.30. The summed E-state index contributed by atoms with van der Waals surface area (Å²) in [5, 5.41) is 0. The number of carbonyl (C=O) groups excluding carboxylic acids is 1. The summed E-state index contributed by atoms with van der Waals surface area (Å²) in [6, 6.07) is -0.278. The zero-order valence-electron chi connectivity index (χ0n) is 9.56. The van der Waals surface area contributed by atoms with Crippen molar-refractivity contribution >= 4 is 5.91 Å². The normalized spacial score (nSPS) is 32.5. The molecule has 0 aromatic carbocycles. The number of hydrogen-bond donors (Lipinski definition) is 1. The number of amides is 1. The van der Waals surface area contributed by atoms with Gasteiger partial charge in [-0.3, -0.25) is 9.69 Å². The lowest BCUT2D eigenvalue weighted by Crippen LogP contribution is -2.54. The Balaban J connectivity index is 1.87. The van der Waals surface area contributed by atoms with Crippen LogP contribution in [0, 0.1) is 0 Å². The van der Waals surface area contributed by atoms with E-state index in [4.69, 9.17) is 15.2 Å². The first-order valence-corrected chi connectivity index (χ1v) is 6.00. The van der Waals surface area contributed by atoms with E-state index >= 15 is 0 Å². The van der Waals surface area contributed by atoms with Crippen LogP contribution in [0.25, 0.3) is 0 Å². The van der Waals surface area contributed by atoms with Crippen molar-refractivity contribution in [1.82, 2.24) is 4.90 Å². The minimum Gasteiger partial charge on any atom is -0.378 e. The minimum absolute atomic E-state index is 0.258. The summed E-state index contributed by atoms with van der Waals surface area (Å²) in [6.45, 7) is 3.51. The summed E-state index contributed by atoms with van der Waals surface area (Å²) in [7, 11) is 0. The van der Waals surface area contributed by atoms with Gasteiger partial charge < -0.3 is 15.2 Å². The Hall–Kier alpha value is -0.650. The standard InChI is InChI=1S/C11H20N2O3/c12-11(14)10-8-15-6-4-13(10)7-9-3-1-2-5-16-9/h9-10H,1-8H2,(H2,12,14)/t9-,10-/m1/s1. The lowest BCUT2D eigenvalue weighted by molar-refractivity contribution is -0.131. The van der Waals surface area contributed by atoms with Crippen molar-refractivity contribution in [3.63, 3.8) is 0 Å². The van der Waals surface area contributed by atoms with E-state index in [0.29, 0.717) is 13.2 Å². The molecule has 0 spiro atoms. The molecule has 92 valence electrons. The first-order valence-electron chi connectivity index (χ1n) is 6.00. The van der Waals surface area contributed by atoms with Crippen molar-refractivity contribution in [1.29, 1.82) is 0 Å². The number of nitrogens with two attached hydrogens (primary N) is 1. The van der Waals surface area contributed by atoms with Crippen molar-refractivity contribution in [3.05, 3.63) is 0 Å². The van der Waals surface area contributed by atoms with Crippen molar-refractivity contribution in [2.75, 3.05) is 32.9 Å². The van der Waals surface area contributed by atoms with Gasteiger partial charge in [-0.2, -0.15) is 0 Å². The maximum absolute atomic E-state index is 11.3. The van der Waals surface area contributed by atoms with Crippen molar-refractivity contribution in [3.8, 4) is 0 Å². The Bertz CT molecular complexity index is 241. The highest BCUT2D eigenvalue weighted by Crippen LogP contribution is 2.16. The highest BCUT2D eigenvalue weighted by molar-refractivity contribution is 5.80. The molecule has 2 aliphatic heterocycles. The van der Waals surface area contributed by atoms with Crippen LogP contribution in [0.15, 0.2) is 0 Å². The van der Waals surface area contributed by atoms with Gasteiger partial charge >= 0.3 is 0 Å². The number of hydrogen-bond acceptors (Lipinski definition) is 4. The first-order chi connectivity index (χ1) is 7.77. The van der Waals surface area contributed by atoms with Gasteiger partial charge in [0, 0.05) is 19.7 Å². The van der Waals surface area contributed by atoms with Crippen LogP contribution in [-0.4, -0.2) is 55.9 Å². The van der Waals surface area contributed by atoms with Crippen LogP contribution < -0.4 is 5.73 Å². The van der Waals surface area contributed by atoms with E-state index in [0.717, 1.165) is 32.5 Å². The zero-order chi connectivity index (χ0) is 11.4.